The summed E-state index contributed by atoms with van der Waals surface area (Å²) in [6, 6.07) is 0. The lowest BCUT2D eigenvalue weighted by molar-refractivity contribution is -0.161. The van der Waals surface area contributed by atoms with Gasteiger partial charge in [-0.05, 0) is 52.9 Å². The zero-order valence-electron chi connectivity index (χ0n) is 17.3. The van der Waals surface area contributed by atoms with Crippen LogP contribution in [0.1, 0.15) is 84.6 Å². The Balaban J connectivity index is 2.14. The highest BCUT2D eigenvalue weighted by molar-refractivity contribution is 7.15. The Labute approximate surface area is 166 Å². The van der Waals surface area contributed by atoms with Crippen molar-refractivity contribution in [1.82, 2.24) is 10.2 Å². The zero-order valence-corrected chi connectivity index (χ0v) is 18.1. The van der Waals surface area contributed by atoms with E-state index in [9.17, 15) is 9.59 Å². The van der Waals surface area contributed by atoms with E-state index >= 15 is 0 Å². The summed E-state index contributed by atoms with van der Waals surface area (Å²) >= 11 is 1.42. The molecule has 1 aromatic rings. The molecule has 1 unspecified atom stereocenters. The second kappa shape index (κ2) is 9.13. The van der Waals surface area contributed by atoms with Crippen LogP contribution in [0.3, 0.4) is 0 Å². The predicted octanol–water partition coefficient (Wildman–Crippen LogP) is 4.75. The number of aryl methyl sites for hydroxylation is 1. The van der Waals surface area contributed by atoms with E-state index in [1.807, 2.05) is 27.7 Å². The minimum Gasteiger partial charge on any atom is -0.460 e. The van der Waals surface area contributed by atoms with Crippen LogP contribution >= 0.6 is 11.3 Å². The van der Waals surface area contributed by atoms with Gasteiger partial charge in [0, 0.05) is 0 Å². The number of carbonyl (C=O) groups excluding carboxylic acids is 2. The molecule has 1 amide bonds. The lowest BCUT2D eigenvalue weighted by Gasteiger charge is -2.32. The van der Waals surface area contributed by atoms with Gasteiger partial charge in [0.15, 0.2) is 0 Å². The van der Waals surface area contributed by atoms with Crippen molar-refractivity contribution in [3.8, 4) is 0 Å². The van der Waals surface area contributed by atoms with Crippen LogP contribution in [0.15, 0.2) is 0 Å². The van der Waals surface area contributed by atoms with Crippen LogP contribution < -0.4 is 5.32 Å². The monoisotopic (exact) mass is 395 g/mol. The average Bonchev–Trinajstić information content (AvgIpc) is 3.23. The number of nitrogens with zero attached hydrogens (tertiary/aromatic N) is 2. The maximum atomic E-state index is 13.2. The van der Waals surface area contributed by atoms with Crippen molar-refractivity contribution in [2.75, 3.05) is 5.32 Å². The first-order valence-corrected chi connectivity index (χ1v) is 10.9. The fourth-order valence-corrected chi connectivity index (χ4v) is 4.44. The maximum Gasteiger partial charge on any atom is 0.309 e. The third-order valence-corrected chi connectivity index (χ3v) is 6.03. The molecule has 1 atom stereocenters. The molecule has 1 aliphatic carbocycles. The van der Waals surface area contributed by atoms with Crippen molar-refractivity contribution in [3.63, 3.8) is 0 Å². The van der Waals surface area contributed by atoms with Crippen LogP contribution in [0.2, 0.25) is 0 Å². The molecular formula is C20H33N3O3S. The number of aromatic nitrogens is 2. The van der Waals surface area contributed by atoms with Crippen molar-refractivity contribution < 1.29 is 14.3 Å². The molecule has 0 aromatic carbocycles. The minimum atomic E-state index is -0.519. The minimum absolute atomic E-state index is 0.0246. The summed E-state index contributed by atoms with van der Waals surface area (Å²) in [7, 11) is 0. The predicted molar refractivity (Wildman–Crippen MR) is 108 cm³/mol. The second-order valence-electron chi connectivity index (χ2n) is 8.52. The third-order valence-electron chi connectivity index (χ3n) is 5.05. The topological polar surface area (TPSA) is 81.2 Å². The normalized spacial score (nSPS) is 17.5. The fraction of sp³-hybridized carbons (Fsp3) is 0.800. The molecule has 1 heterocycles. The average molecular weight is 396 g/mol. The molecule has 0 spiro atoms. The number of rotatable bonds is 8. The van der Waals surface area contributed by atoms with Crippen LogP contribution in [0, 0.1) is 11.3 Å². The van der Waals surface area contributed by atoms with Gasteiger partial charge in [-0.1, -0.05) is 44.4 Å². The molecule has 1 N–H and O–H groups in total. The van der Waals surface area contributed by atoms with Crippen molar-refractivity contribution >= 4 is 28.3 Å². The van der Waals surface area contributed by atoms with E-state index in [-0.39, 0.29) is 17.8 Å². The van der Waals surface area contributed by atoms with Gasteiger partial charge >= 0.3 is 5.97 Å². The molecule has 1 aliphatic rings. The highest BCUT2D eigenvalue weighted by Gasteiger charge is 2.44. The Morgan fingerprint density at radius 1 is 1.22 bits per heavy atom. The molecule has 6 nitrogen and oxygen atoms in total. The highest BCUT2D eigenvalue weighted by atomic mass is 32.1. The van der Waals surface area contributed by atoms with Crippen LogP contribution in [0.5, 0.6) is 0 Å². The van der Waals surface area contributed by atoms with Crippen LogP contribution in [0.25, 0.3) is 0 Å². The van der Waals surface area contributed by atoms with Gasteiger partial charge in [0.25, 0.3) is 0 Å². The molecule has 1 fully saturated rings. The maximum absolute atomic E-state index is 13.2. The standard InChI is InChI=1S/C20H33N3O3S/c1-6-10-14(16(24)26-19(3,4)5)13-20(11-8-9-12-20)17(25)21-18-23-22-15(7-2)27-18/h14H,6-13H2,1-5H3,(H,21,23,25). The number of hydrogen-bond donors (Lipinski definition) is 1. The molecule has 0 radical (unpaired) electrons. The lowest BCUT2D eigenvalue weighted by atomic mass is 9.75. The molecule has 152 valence electrons. The summed E-state index contributed by atoms with van der Waals surface area (Å²) < 4.78 is 5.63. The van der Waals surface area contributed by atoms with E-state index in [0.717, 1.165) is 50.0 Å². The number of esters is 1. The Kier molecular flexibility index (Phi) is 7.37. The van der Waals surface area contributed by atoms with Crippen molar-refractivity contribution in [3.05, 3.63) is 5.01 Å². The van der Waals surface area contributed by atoms with Gasteiger partial charge in [-0.15, -0.1) is 10.2 Å². The molecule has 0 aliphatic heterocycles. The SMILES string of the molecule is CCCC(CC1(C(=O)Nc2nnc(CC)s2)CCCC1)C(=O)OC(C)(C)C. The van der Waals surface area contributed by atoms with Crippen molar-refractivity contribution in [2.45, 2.75) is 91.6 Å². The van der Waals surface area contributed by atoms with Gasteiger partial charge in [-0.3, -0.25) is 9.59 Å². The van der Waals surface area contributed by atoms with Gasteiger partial charge in [0.05, 0.1) is 11.3 Å². The summed E-state index contributed by atoms with van der Waals surface area (Å²) in [4.78, 5) is 25.9. The summed E-state index contributed by atoms with van der Waals surface area (Å²) in [5, 5.41) is 12.6. The largest absolute Gasteiger partial charge is 0.460 e. The number of amides is 1. The summed E-state index contributed by atoms with van der Waals surface area (Å²) in [5.41, 5.74) is -1.04. The Morgan fingerprint density at radius 3 is 2.41 bits per heavy atom. The molecule has 0 saturated heterocycles. The zero-order chi connectivity index (χ0) is 20.1. The highest BCUT2D eigenvalue weighted by Crippen LogP contribution is 2.45. The lowest BCUT2D eigenvalue weighted by Crippen LogP contribution is -2.38. The quantitative estimate of drug-likeness (QED) is 0.643. The molecule has 2 rings (SSSR count). The van der Waals surface area contributed by atoms with Gasteiger partial charge in [0.1, 0.15) is 10.6 Å². The first-order valence-electron chi connectivity index (χ1n) is 10.1. The number of hydrogen-bond acceptors (Lipinski definition) is 6. The molecule has 7 heteroatoms. The second-order valence-corrected chi connectivity index (χ2v) is 9.58. The molecule has 27 heavy (non-hydrogen) atoms. The number of nitrogens with one attached hydrogen (secondary N) is 1. The summed E-state index contributed by atoms with van der Waals surface area (Å²) in [6.07, 6.45) is 6.61. The van der Waals surface area contributed by atoms with E-state index < -0.39 is 11.0 Å². The van der Waals surface area contributed by atoms with E-state index in [1.165, 1.54) is 11.3 Å². The third kappa shape index (κ3) is 5.99. The van der Waals surface area contributed by atoms with E-state index in [1.54, 1.807) is 0 Å². The van der Waals surface area contributed by atoms with Crippen LogP contribution in [0.4, 0.5) is 5.13 Å². The smallest absolute Gasteiger partial charge is 0.309 e. The van der Waals surface area contributed by atoms with Crippen LogP contribution in [-0.2, 0) is 20.7 Å². The summed E-state index contributed by atoms with van der Waals surface area (Å²) in [6.45, 7) is 9.72. The molecule has 0 bridgehead atoms. The number of ether oxygens (including phenoxy) is 1. The van der Waals surface area contributed by atoms with Gasteiger partial charge in [-0.25, -0.2) is 0 Å². The first-order chi connectivity index (χ1) is 12.7. The van der Waals surface area contributed by atoms with E-state index in [0.29, 0.717) is 11.6 Å². The Bertz CT molecular complexity index is 645. The molecule has 1 saturated carbocycles. The van der Waals surface area contributed by atoms with Gasteiger partial charge in [0.2, 0.25) is 11.0 Å². The summed E-state index contributed by atoms with van der Waals surface area (Å²) in [5.74, 6) is -0.463. The molecule has 1 aromatic heterocycles. The number of anilines is 1. The first kappa shape index (κ1) is 21.8. The Morgan fingerprint density at radius 2 is 1.89 bits per heavy atom. The Hall–Kier alpha value is -1.50. The molecular weight excluding hydrogens is 362 g/mol. The number of carbonyl (C=O) groups is 2. The van der Waals surface area contributed by atoms with Gasteiger partial charge in [-0.2, -0.15) is 0 Å². The van der Waals surface area contributed by atoms with E-state index in [2.05, 4.69) is 22.4 Å². The van der Waals surface area contributed by atoms with Gasteiger partial charge < -0.3 is 10.1 Å². The van der Waals surface area contributed by atoms with Crippen molar-refractivity contribution in [2.24, 2.45) is 11.3 Å². The van der Waals surface area contributed by atoms with Crippen molar-refractivity contribution in [1.29, 1.82) is 0 Å². The fourth-order valence-electron chi connectivity index (χ4n) is 3.76. The van der Waals surface area contributed by atoms with Crippen LogP contribution in [-0.4, -0.2) is 27.7 Å². The van der Waals surface area contributed by atoms with E-state index in [4.69, 9.17) is 4.74 Å².